The smallest absolute Gasteiger partial charge is 0.335 e. The van der Waals surface area contributed by atoms with Crippen LogP contribution in [0.1, 0.15) is 41.6 Å². The number of alkyl halides is 2. The van der Waals surface area contributed by atoms with Gasteiger partial charge < -0.3 is 10.4 Å². The molecule has 1 aromatic carbocycles. The lowest BCUT2D eigenvalue weighted by Crippen LogP contribution is -2.32. The molecule has 0 aromatic heterocycles. The highest BCUT2D eigenvalue weighted by atomic mass is 19.3. The van der Waals surface area contributed by atoms with Crippen LogP contribution in [0.5, 0.6) is 0 Å². The van der Waals surface area contributed by atoms with Crippen molar-refractivity contribution in [1.29, 1.82) is 0 Å². The number of carbonyl (C=O) groups is 1. The Balaban J connectivity index is 1.81. The van der Waals surface area contributed by atoms with E-state index in [0.717, 1.165) is 12.0 Å². The van der Waals surface area contributed by atoms with Crippen molar-refractivity contribution in [2.45, 2.75) is 38.2 Å². The van der Waals surface area contributed by atoms with Crippen LogP contribution in [-0.2, 0) is 6.54 Å². The summed E-state index contributed by atoms with van der Waals surface area (Å²) in [4.78, 5) is 10.8. The number of aromatic carboxylic acids is 1. The Morgan fingerprint density at radius 2 is 2.25 bits per heavy atom. The number of hydrogen-bond donors (Lipinski definition) is 2. The number of hydrogen-bond acceptors (Lipinski definition) is 2. The van der Waals surface area contributed by atoms with Crippen molar-refractivity contribution in [2.24, 2.45) is 5.92 Å². The van der Waals surface area contributed by atoms with E-state index in [1.807, 2.05) is 6.07 Å². The quantitative estimate of drug-likeness (QED) is 0.871. The van der Waals surface area contributed by atoms with Crippen molar-refractivity contribution in [3.63, 3.8) is 0 Å². The van der Waals surface area contributed by atoms with Crippen molar-refractivity contribution < 1.29 is 18.7 Å². The molecule has 20 heavy (non-hydrogen) atoms. The van der Waals surface area contributed by atoms with Crippen LogP contribution in [0.3, 0.4) is 0 Å². The van der Waals surface area contributed by atoms with E-state index >= 15 is 0 Å². The number of rotatable bonds is 5. The molecule has 110 valence electrons. The maximum absolute atomic E-state index is 13.3. The summed E-state index contributed by atoms with van der Waals surface area (Å²) in [6.07, 6.45) is 1.37. The third kappa shape index (κ3) is 4.27. The fraction of sp³-hybridized carbons (Fsp3) is 0.533. The Morgan fingerprint density at radius 1 is 1.45 bits per heavy atom. The van der Waals surface area contributed by atoms with E-state index in [4.69, 9.17) is 5.11 Å². The molecule has 1 saturated carbocycles. The molecule has 1 atom stereocenters. The molecule has 3 nitrogen and oxygen atoms in total. The average Bonchev–Trinajstić information content (AvgIpc) is 2.38. The summed E-state index contributed by atoms with van der Waals surface area (Å²) in [5.41, 5.74) is 1.10. The van der Waals surface area contributed by atoms with Gasteiger partial charge in [-0.2, -0.15) is 0 Å². The maximum Gasteiger partial charge on any atom is 0.335 e. The van der Waals surface area contributed by atoms with Gasteiger partial charge >= 0.3 is 5.97 Å². The molecule has 1 aliphatic rings. The van der Waals surface area contributed by atoms with Crippen LogP contribution >= 0.6 is 0 Å². The van der Waals surface area contributed by atoms with E-state index in [0.29, 0.717) is 19.5 Å². The summed E-state index contributed by atoms with van der Waals surface area (Å²) in [6, 6.07) is 6.66. The molecule has 2 N–H and O–H groups in total. The minimum absolute atomic E-state index is 0.00130. The van der Waals surface area contributed by atoms with E-state index in [1.165, 1.54) is 6.07 Å². The zero-order valence-electron chi connectivity index (χ0n) is 11.2. The Bertz CT molecular complexity index is 477. The van der Waals surface area contributed by atoms with Crippen molar-refractivity contribution in [3.8, 4) is 0 Å². The first-order valence-electron chi connectivity index (χ1n) is 6.87. The summed E-state index contributed by atoms with van der Waals surface area (Å²) in [6.45, 7) is 1.05. The molecule has 0 heterocycles. The van der Waals surface area contributed by atoms with Crippen molar-refractivity contribution in [1.82, 2.24) is 5.32 Å². The Morgan fingerprint density at radius 3 is 2.95 bits per heavy atom. The molecule has 0 saturated heterocycles. The third-order valence-electron chi connectivity index (χ3n) is 3.68. The first-order valence-corrected chi connectivity index (χ1v) is 6.87. The Labute approximate surface area is 117 Å². The molecule has 0 aliphatic heterocycles. The first-order chi connectivity index (χ1) is 9.46. The van der Waals surface area contributed by atoms with Crippen molar-refractivity contribution in [3.05, 3.63) is 35.4 Å². The van der Waals surface area contributed by atoms with Gasteiger partial charge in [0.25, 0.3) is 0 Å². The van der Waals surface area contributed by atoms with Crippen molar-refractivity contribution >= 4 is 5.97 Å². The standard InChI is InChI=1S/C15H19F2NO2/c16-15(17)6-2-4-12(8-15)10-18-9-11-3-1-5-13(7-11)14(19)20/h1,3,5,7,12,18H,2,4,6,8-10H2,(H,19,20). The molecule has 0 spiro atoms. The van der Waals surface area contributed by atoms with Crippen LogP contribution in [0.4, 0.5) is 8.78 Å². The van der Waals surface area contributed by atoms with E-state index in [9.17, 15) is 13.6 Å². The second-order valence-electron chi connectivity index (χ2n) is 5.45. The van der Waals surface area contributed by atoms with Gasteiger partial charge in [0.1, 0.15) is 0 Å². The van der Waals surface area contributed by atoms with Crippen LogP contribution in [0, 0.1) is 5.92 Å². The lowest BCUT2D eigenvalue weighted by atomic mass is 9.86. The van der Waals surface area contributed by atoms with Gasteiger partial charge in [0, 0.05) is 19.4 Å². The lowest BCUT2D eigenvalue weighted by molar-refractivity contribution is -0.0520. The van der Waals surface area contributed by atoms with E-state index < -0.39 is 11.9 Å². The zero-order valence-corrected chi connectivity index (χ0v) is 11.2. The summed E-state index contributed by atoms with van der Waals surface area (Å²) < 4.78 is 26.5. The van der Waals surface area contributed by atoms with Gasteiger partial charge in [0.15, 0.2) is 0 Å². The molecule has 1 aliphatic carbocycles. The molecular formula is C15H19F2NO2. The first kappa shape index (κ1) is 14.9. The van der Waals surface area contributed by atoms with Gasteiger partial charge in [0.2, 0.25) is 5.92 Å². The Kier molecular flexibility index (Phi) is 4.70. The van der Waals surface area contributed by atoms with E-state index in [1.54, 1.807) is 12.1 Å². The fourth-order valence-corrected chi connectivity index (χ4v) is 2.69. The molecule has 1 unspecified atom stereocenters. The van der Waals surface area contributed by atoms with Crippen molar-refractivity contribution in [2.75, 3.05) is 6.54 Å². The molecular weight excluding hydrogens is 264 g/mol. The van der Waals surface area contributed by atoms with E-state index in [2.05, 4.69) is 5.32 Å². The highest BCUT2D eigenvalue weighted by molar-refractivity contribution is 5.87. The van der Waals surface area contributed by atoms with E-state index in [-0.39, 0.29) is 24.3 Å². The number of carboxylic acids is 1. The summed E-state index contributed by atoms with van der Waals surface area (Å²) in [7, 11) is 0. The normalized spacial score (nSPS) is 21.6. The lowest BCUT2D eigenvalue weighted by Gasteiger charge is -2.29. The van der Waals surface area contributed by atoms with Gasteiger partial charge in [-0.25, -0.2) is 13.6 Å². The monoisotopic (exact) mass is 283 g/mol. The Hall–Kier alpha value is -1.49. The highest BCUT2D eigenvalue weighted by Crippen LogP contribution is 2.36. The number of benzene rings is 1. The van der Waals surface area contributed by atoms with Crippen LogP contribution in [-0.4, -0.2) is 23.5 Å². The second-order valence-corrected chi connectivity index (χ2v) is 5.45. The molecule has 0 amide bonds. The van der Waals surface area contributed by atoms with Gasteiger partial charge in [-0.1, -0.05) is 12.1 Å². The molecule has 2 rings (SSSR count). The SMILES string of the molecule is O=C(O)c1cccc(CNCC2CCCC(F)(F)C2)c1. The molecule has 0 bridgehead atoms. The molecule has 0 radical (unpaired) electrons. The number of halogens is 2. The maximum atomic E-state index is 13.3. The molecule has 5 heteroatoms. The molecule has 1 fully saturated rings. The number of nitrogens with one attached hydrogen (secondary N) is 1. The predicted molar refractivity (Wildman–Crippen MR) is 72.0 cm³/mol. The predicted octanol–water partition coefficient (Wildman–Crippen LogP) is 3.30. The topological polar surface area (TPSA) is 49.3 Å². The van der Waals surface area contributed by atoms with Gasteiger partial charge in [0.05, 0.1) is 5.56 Å². The van der Waals surface area contributed by atoms with Crippen LogP contribution in [0.25, 0.3) is 0 Å². The number of carboxylic acid groups (broad SMARTS) is 1. The minimum Gasteiger partial charge on any atom is -0.478 e. The largest absolute Gasteiger partial charge is 0.478 e. The van der Waals surface area contributed by atoms with Crippen LogP contribution < -0.4 is 5.32 Å². The summed E-state index contributed by atoms with van der Waals surface area (Å²) in [5, 5.41) is 12.0. The fourth-order valence-electron chi connectivity index (χ4n) is 2.69. The van der Waals surface area contributed by atoms with Crippen LogP contribution in [0.2, 0.25) is 0 Å². The third-order valence-corrected chi connectivity index (χ3v) is 3.68. The van der Waals surface area contributed by atoms with Gasteiger partial charge in [-0.3, -0.25) is 0 Å². The van der Waals surface area contributed by atoms with Gasteiger partial charge in [-0.15, -0.1) is 0 Å². The highest BCUT2D eigenvalue weighted by Gasteiger charge is 2.35. The average molecular weight is 283 g/mol. The minimum atomic E-state index is -2.52. The van der Waals surface area contributed by atoms with Gasteiger partial charge in [-0.05, 0) is 43.0 Å². The zero-order chi connectivity index (χ0) is 14.6. The molecule has 1 aromatic rings. The van der Waals surface area contributed by atoms with Crippen LogP contribution in [0.15, 0.2) is 24.3 Å². The second kappa shape index (κ2) is 6.31. The summed E-state index contributed by atoms with van der Waals surface area (Å²) in [5.74, 6) is -3.48. The summed E-state index contributed by atoms with van der Waals surface area (Å²) >= 11 is 0.